The summed E-state index contributed by atoms with van der Waals surface area (Å²) in [6.07, 6.45) is 4.42. The number of benzene rings is 2. The lowest BCUT2D eigenvalue weighted by Crippen LogP contribution is -2.51. The van der Waals surface area contributed by atoms with E-state index in [-0.39, 0.29) is 17.6 Å². The largest absolute Gasteiger partial charge is 0.487 e. The van der Waals surface area contributed by atoms with E-state index in [1.165, 1.54) is 0 Å². The predicted molar refractivity (Wildman–Crippen MR) is 103 cm³/mol. The molecule has 6 heteroatoms. The van der Waals surface area contributed by atoms with Crippen LogP contribution < -0.4 is 15.4 Å². The average molecular weight is 362 g/mol. The fraction of sp³-hybridized carbons (Fsp3) is 0.333. The summed E-state index contributed by atoms with van der Waals surface area (Å²) in [5.74, 6) is 0.798. The van der Waals surface area contributed by atoms with Crippen LogP contribution >= 0.6 is 0 Å². The summed E-state index contributed by atoms with van der Waals surface area (Å²) in [6.45, 7) is 1.88. The first-order chi connectivity index (χ1) is 13.2. The Labute approximate surface area is 157 Å². The lowest BCUT2D eigenvalue weighted by Gasteiger charge is -2.44. The van der Waals surface area contributed by atoms with Gasteiger partial charge in [0.05, 0.1) is 23.3 Å². The van der Waals surface area contributed by atoms with Crippen molar-refractivity contribution in [2.24, 2.45) is 0 Å². The van der Waals surface area contributed by atoms with Gasteiger partial charge in [-0.25, -0.2) is 0 Å². The van der Waals surface area contributed by atoms with Crippen molar-refractivity contribution < 1.29 is 9.53 Å². The van der Waals surface area contributed by atoms with Crippen LogP contribution in [0.2, 0.25) is 0 Å². The lowest BCUT2D eigenvalue weighted by molar-refractivity contribution is 0.00366. The number of para-hydroxylation sites is 2. The number of hydrogen-bond acceptors (Lipinski definition) is 4. The van der Waals surface area contributed by atoms with E-state index in [1.54, 1.807) is 6.20 Å². The van der Waals surface area contributed by atoms with E-state index in [2.05, 4.69) is 20.8 Å². The maximum absolute atomic E-state index is 13.1. The van der Waals surface area contributed by atoms with Crippen molar-refractivity contribution in [3.63, 3.8) is 0 Å². The molecule has 2 aromatic carbocycles. The minimum Gasteiger partial charge on any atom is -0.487 e. The highest BCUT2D eigenvalue weighted by Crippen LogP contribution is 2.43. The topological polar surface area (TPSA) is 79.0 Å². The molecule has 6 nitrogen and oxygen atoms in total. The smallest absolute Gasteiger partial charge is 0.253 e. The summed E-state index contributed by atoms with van der Waals surface area (Å²) in [7, 11) is 0. The van der Waals surface area contributed by atoms with E-state index in [0.717, 1.165) is 54.6 Å². The van der Waals surface area contributed by atoms with Crippen molar-refractivity contribution in [2.45, 2.75) is 30.9 Å². The molecule has 1 saturated heterocycles. The number of nitrogens with zero attached hydrogens (tertiary/aromatic N) is 1. The molecular weight excluding hydrogens is 340 g/mol. The number of aromatic amines is 1. The molecule has 0 radical (unpaired) electrons. The normalized spacial score (nSPS) is 20.8. The maximum atomic E-state index is 13.1. The molecule has 1 atom stereocenters. The third-order valence-electron chi connectivity index (χ3n) is 5.74. The molecule has 1 fully saturated rings. The zero-order valence-corrected chi connectivity index (χ0v) is 15.0. The molecule has 5 rings (SSSR count). The van der Waals surface area contributed by atoms with E-state index in [1.807, 2.05) is 42.5 Å². The highest BCUT2D eigenvalue weighted by Gasteiger charge is 2.42. The van der Waals surface area contributed by atoms with Crippen LogP contribution in [0.15, 0.2) is 48.7 Å². The van der Waals surface area contributed by atoms with Crippen molar-refractivity contribution >= 4 is 16.8 Å². The third-order valence-corrected chi connectivity index (χ3v) is 5.74. The summed E-state index contributed by atoms with van der Waals surface area (Å²) < 4.78 is 6.43. The third kappa shape index (κ3) is 2.86. The maximum Gasteiger partial charge on any atom is 0.253 e. The zero-order valence-electron chi connectivity index (χ0n) is 15.0. The van der Waals surface area contributed by atoms with Gasteiger partial charge < -0.3 is 15.4 Å². The zero-order chi connectivity index (χ0) is 18.3. The van der Waals surface area contributed by atoms with Crippen molar-refractivity contribution in [1.29, 1.82) is 0 Å². The van der Waals surface area contributed by atoms with E-state index >= 15 is 0 Å². The molecule has 2 aliphatic heterocycles. The monoisotopic (exact) mass is 362 g/mol. The molecule has 27 heavy (non-hydrogen) atoms. The number of aromatic nitrogens is 2. The molecule has 1 aromatic heterocycles. The molecule has 3 aromatic rings. The van der Waals surface area contributed by atoms with Gasteiger partial charge in [-0.1, -0.05) is 30.3 Å². The van der Waals surface area contributed by atoms with Gasteiger partial charge in [-0.05, 0) is 38.1 Å². The van der Waals surface area contributed by atoms with Gasteiger partial charge in [-0.2, -0.15) is 5.10 Å². The first kappa shape index (κ1) is 16.3. The number of carbonyl (C=O) groups excluding carboxylic acids is 1. The number of nitrogens with one attached hydrogen (secondary N) is 3. The Kier molecular flexibility index (Phi) is 3.86. The van der Waals surface area contributed by atoms with Gasteiger partial charge in [0.15, 0.2) is 0 Å². The second-order valence-electron chi connectivity index (χ2n) is 7.44. The number of ether oxygens (including phenoxy) is 1. The van der Waals surface area contributed by atoms with Crippen LogP contribution in [0.25, 0.3) is 10.9 Å². The van der Waals surface area contributed by atoms with Crippen molar-refractivity contribution in [2.75, 3.05) is 13.1 Å². The van der Waals surface area contributed by atoms with Crippen molar-refractivity contribution in [1.82, 2.24) is 20.8 Å². The van der Waals surface area contributed by atoms with Crippen molar-refractivity contribution in [3.8, 4) is 5.75 Å². The summed E-state index contributed by atoms with van der Waals surface area (Å²) in [6, 6.07) is 13.6. The number of piperidine rings is 1. The number of hydrogen-bond donors (Lipinski definition) is 3. The Hall–Kier alpha value is -2.86. The van der Waals surface area contributed by atoms with Gasteiger partial charge in [0, 0.05) is 17.4 Å². The Morgan fingerprint density at radius 3 is 2.89 bits per heavy atom. The first-order valence-electron chi connectivity index (χ1n) is 9.46. The standard InChI is InChI=1S/C21H22N4O2/c26-20(16-6-3-4-14-13-23-25-19(14)16)24-17-12-21(8-10-22-11-9-21)27-18-7-2-1-5-15(17)18/h1-7,13,17,22H,8-12H2,(H,23,25)(H,24,26)/t17-/m0/s1. The van der Waals surface area contributed by atoms with Crippen LogP contribution in [0, 0.1) is 0 Å². The average Bonchev–Trinajstić information content (AvgIpc) is 3.17. The van der Waals surface area contributed by atoms with Crippen LogP contribution in [0.1, 0.15) is 41.2 Å². The molecule has 0 aliphatic carbocycles. The van der Waals surface area contributed by atoms with Crippen LogP contribution in [-0.2, 0) is 0 Å². The summed E-state index contributed by atoms with van der Waals surface area (Å²) in [4.78, 5) is 13.1. The lowest BCUT2D eigenvalue weighted by atomic mass is 9.81. The molecule has 3 heterocycles. The molecule has 0 saturated carbocycles. The van der Waals surface area contributed by atoms with E-state index < -0.39 is 0 Å². The molecule has 2 aliphatic rings. The molecule has 1 spiro atoms. The number of H-pyrrole nitrogens is 1. The Bertz CT molecular complexity index is 991. The fourth-order valence-corrected chi connectivity index (χ4v) is 4.33. The van der Waals surface area contributed by atoms with E-state index in [4.69, 9.17) is 4.74 Å². The predicted octanol–water partition coefficient (Wildman–Crippen LogP) is 2.94. The van der Waals surface area contributed by atoms with Gasteiger partial charge in [0.1, 0.15) is 11.4 Å². The molecule has 3 N–H and O–H groups in total. The van der Waals surface area contributed by atoms with Gasteiger partial charge in [0.2, 0.25) is 0 Å². The number of amides is 1. The highest BCUT2D eigenvalue weighted by molar-refractivity contribution is 6.05. The Morgan fingerprint density at radius 2 is 2.00 bits per heavy atom. The van der Waals surface area contributed by atoms with E-state index in [9.17, 15) is 4.79 Å². The van der Waals surface area contributed by atoms with E-state index in [0.29, 0.717) is 5.56 Å². The molecule has 0 unspecified atom stereocenters. The minimum absolute atomic E-state index is 0.0706. The number of fused-ring (bicyclic) bond motifs is 2. The molecule has 138 valence electrons. The van der Waals surface area contributed by atoms with Gasteiger partial charge in [-0.3, -0.25) is 9.89 Å². The first-order valence-corrected chi connectivity index (χ1v) is 9.46. The summed E-state index contributed by atoms with van der Waals surface area (Å²) >= 11 is 0. The number of rotatable bonds is 2. The van der Waals surface area contributed by atoms with Gasteiger partial charge in [-0.15, -0.1) is 0 Å². The fourth-order valence-electron chi connectivity index (χ4n) is 4.33. The van der Waals surface area contributed by atoms with Crippen LogP contribution in [0.4, 0.5) is 0 Å². The highest BCUT2D eigenvalue weighted by atomic mass is 16.5. The SMILES string of the molecule is O=C(N[C@H]1CC2(CCNCC2)Oc2ccccc21)c1cccc2cn[nH]c12. The van der Waals surface area contributed by atoms with Gasteiger partial charge >= 0.3 is 0 Å². The molecule has 1 amide bonds. The number of carbonyl (C=O) groups is 1. The Morgan fingerprint density at radius 1 is 1.15 bits per heavy atom. The van der Waals surface area contributed by atoms with Crippen LogP contribution in [0.3, 0.4) is 0 Å². The summed E-state index contributed by atoms with van der Waals surface area (Å²) in [5.41, 5.74) is 2.23. The minimum atomic E-state index is -0.211. The van der Waals surface area contributed by atoms with Crippen molar-refractivity contribution in [3.05, 3.63) is 59.8 Å². The quantitative estimate of drug-likeness (QED) is 0.655. The van der Waals surface area contributed by atoms with Gasteiger partial charge in [0.25, 0.3) is 5.91 Å². The van der Waals surface area contributed by atoms with Crippen LogP contribution in [0.5, 0.6) is 5.75 Å². The molecular formula is C21H22N4O2. The summed E-state index contributed by atoms with van der Waals surface area (Å²) in [5, 5.41) is 14.6. The second-order valence-corrected chi connectivity index (χ2v) is 7.44. The second kappa shape index (κ2) is 6.39. The van der Waals surface area contributed by atoms with Crippen LogP contribution in [-0.4, -0.2) is 34.8 Å². The Balaban J connectivity index is 1.48. The molecule has 0 bridgehead atoms.